The van der Waals surface area contributed by atoms with E-state index < -0.39 is 0 Å². The van der Waals surface area contributed by atoms with Gasteiger partial charge in [0.15, 0.2) is 0 Å². The van der Waals surface area contributed by atoms with Gasteiger partial charge in [-0.05, 0) is 70.3 Å². The molecule has 0 aliphatic carbocycles. The smallest absolute Gasteiger partial charge is 0.135 e. The van der Waals surface area contributed by atoms with Crippen LogP contribution in [-0.4, -0.2) is 4.57 Å². The second kappa shape index (κ2) is 9.14. The Morgan fingerprint density at radius 2 is 0.975 bits per heavy atom. The Morgan fingerprint density at radius 3 is 1.75 bits per heavy atom. The number of hydrogen-bond acceptors (Lipinski definition) is 1. The van der Waals surface area contributed by atoms with E-state index in [-0.39, 0.29) is 0 Å². The minimum atomic E-state index is 0.920. The van der Waals surface area contributed by atoms with Crippen molar-refractivity contribution in [2.75, 3.05) is 0 Å². The fraction of sp³-hybridized carbons (Fsp3) is 0. The van der Waals surface area contributed by atoms with E-state index >= 15 is 0 Å². The lowest BCUT2D eigenvalue weighted by Crippen LogP contribution is -1.92. The number of hydrogen-bond donors (Lipinski definition) is 0. The summed E-state index contributed by atoms with van der Waals surface area (Å²) >= 11 is 0. The van der Waals surface area contributed by atoms with E-state index in [9.17, 15) is 0 Å². The molecule has 0 saturated carbocycles. The van der Waals surface area contributed by atoms with Crippen LogP contribution in [0, 0.1) is 0 Å². The molecule has 40 heavy (non-hydrogen) atoms. The van der Waals surface area contributed by atoms with E-state index in [1.165, 1.54) is 44.3 Å². The summed E-state index contributed by atoms with van der Waals surface area (Å²) in [5.74, 6) is 0. The van der Waals surface area contributed by atoms with E-state index in [0.29, 0.717) is 0 Å². The predicted octanol–water partition coefficient (Wildman–Crippen LogP) is 10.5. The minimum Gasteiger partial charge on any atom is -0.456 e. The highest BCUT2D eigenvalue weighted by molar-refractivity contribution is 6.06. The molecule has 0 radical (unpaired) electrons. The van der Waals surface area contributed by atoms with Gasteiger partial charge in [-0.2, -0.15) is 0 Å². The van der Waals surface area contributed by atoms with E-state index in [4.69, 9.17) is 4.42 Å². The highest BCUT2D eigenvalue weighted by Gasteiger charge is 2.14. The Balaban J connectivity index is 1.23. The van der Waals surface area contributed by atoms with Crippen LogP contribution in [-0.2, 0) is 0 Å². The van der Waals surface area contributed by atoms with Crippen molar-refractivity contribution in [3.05, 3.63) is 152 Å². The summed E-state index contributed by atoms with van der Waals surface area (Å²) in [6.45, 7) is 0. The van der Waals surface area contributed by atoms with Gasteiger partial charge in [-0.3, -0.25) is 0 Å². The lowest BCUT2D eigenvalue weighted by molar-refractivity contribution is 0.669. The van der Waals surface area contributed by atoms with E-state index in [1.807, 2.05) is 12.1 Å². The molecule has 8 aromatic rings. The Labute approximate surface area is 232 Å². The SMILES string of the molecule is c1ccc(-c2ccc3c(c2)c(-c2ccccc2)cn3-c2ccc(-c3ccc4oc5ccccc5c4c3)cc2)cc1. The molecule has 6 aromatic carbocycles. The van der Waals surface area contributed by atoms with Gasteiger partial charge in [-0.15, -0.1) is 0 Å². The van der Waals surface area contributed by atoms with Gasteiger partial charge in [0.25, 0.3) is 0 Å². The van der Waals surface area contributed by atoms with Crippen molar-refractivity contribution in [1.29, 1.82) is 0 Å². The second-order valence-corrected chi connectivity index (χ2v) is 10.2. The van der Waals surface area contributed by atoms with Crippen LogP contribution >= 0.6 is 0 Å². The van der Waals surface area contributed by atoms with Crippen molar-refractivity contribution in [1.82, 2.24) is 4.57 Å². The van der Waals surface area contributed by atoms with E-state index in [0.717, 1.165) is 27.6 Å². The lowest BCUT2D eigenvalue weighted by Gasteiger charge is -2.09. The Kier molecular flexibility index (Phi) is 5.17. The molecule has 0 N–H and O–H groups in total. The van der Waals surface area contributed by atoms with Gasteiger partial charge in [-0.1, -0.05) is 103 Å². The first-order valence-corrected chi connectivity index (χ1v) is 13.6. The van der Waals surface area contributed by atoms with Crippen LogP contribution in [0.25, 0.3) is 71.9 Å². The van der Waals surface area contributed by atoms with Gasteiger partial charge in [0.2, 0.25) is 0 Å². The number of rotatable bonds is 4. The molecule has 8 rings (SSSR count). The quantitative estimate of drug-likeness (QED) is 0.230. The van der Waals surface area contributed by atoms with Crippen molar-refractivity contribution >= 4 is 32.8 Å². The predicted molar refractivity (Wildman–Crippen MR) is 167 cm³/mol. The zero-order valence-electron chi connectivity index (χ0n) is 21.8. The number of benzene rings is 6. The number of nitrogens with zero attached hydrogens (tertiary/aromatic N) is 1. The van der Waals surface area contributed by atoms with Crippen molar-refractivity contribution in [2.45, 2.75) is 0 Å². The Morgan fingerprint density at radius 1 is 0.400 bits per heavy atom. The van der Waals surface area contributed by atoms with Gasteiger partial charge in [-0.25, -0.2) is 0 Å². The molecule has 0 unspecified atom stereocenters. The average Bonchev–Trinajstić information content (AvgIpc) is 3.60. The van der Waals surface area contributed by atoms with Gasteiger partial charge >= 0.3 is 0 Å². The molecule has 188 valence electrons. The average molecular weight is 512 g/mol. The third-order valence-corrected chi connectivity index (χ3v) is 7.85. The minimum absolute atomic E-state index is 0.920. The molecule has 0 bridgehead atoms. The highest BCUT2D eigenvalue weighted by Crippen LogP contribution is 2.37. The van der Waals surface area contributed by atoms with Crippen molar-refractivity contribution in [3.63, 3.8) is 0 Å². The fourth-order valence-electron chi connectivity index (χ4n) is 5.82. The maximum atomic E-state index is 6.03. The zero-order valence-corrected chi connectivity index (χ0v) is 21.8. The summed E-state index contributed by atoms with van der Waals surface area (Å²) in [5.41, 5.74) is 11.4. The number of para-hydroxylation sites is 1. The molecule has 2 aromatic heterocycles. The van der Waals surface area contributed by atoms with E-state index in [1.54, 1.807) is 0 Å². The fourth-order valence-corrected chi connectivity index (χ4v) is 5.82. The molecule has 0 aliphatic rings. The summed E-state index contributed by atoms with van der Waals surface area (Å²) in [5, 5.41) is 3.54. The van der Waals surface area contributed by atoms with Crippen LogP contribution in [0.15, 0.2) is 156 Å². The molecule has 2 heteroatoms. The number of aromatic nitrogens is 1. The molecule has 2 heterocycles. The summed E-state index contributed by atoms with van der Waals surface area (Å²) in [7, 11) is 0. The summed E-state index contributed by atoms with van der Waals surface area (Å²) in [6, 6.07) is 51.6. The van der Waals surface area contributed by atoms with Crippen molar-refractivity contribution in [3.8, 4) is 39.1 Å². The molecule has 0 saturated heterocycles. The third kappa shape index (κ3) is 3.73. The Bertz CT molecular complexity index is 2130. The zero-order chi connectivity index (χ0) is 26.5. The standard InChI is InChI=1S/C38H25NO/c1-3-9-26(10-4-1)29-17-21-36-33(23-29)35(28-11-5-2-6-12-28)25-39(36)31-19-15-27(16-20-31)30-18-22-38-34(24-30)32-13-7-8-14-37(32)40-38/h1-25H. The van der Waals surface area contributed by atoms with Crippen LogP contribution < -0.4 is 0 Å². The van der Waals surface area contributed by atoms with Crippen LogP contribution in [0.2, 0.25) is 0 Å². The molecule has 0 amide bonds. The molecular formula is C38H25NO. The van der Waals surface area contributed by atoms with E-state index in [2.05, 4.69) is 144 Å². The molecular weight excluding hydrogens is 486 g/mol. The van der Waals surface area contributed by atoms with Crippen LogP contribution in [0.5, 0.6) is 0 Å². The van der Waals surface area contributed by atoms with Crippen LogP contribution in [0.1, 0.15) is 0 Å². The molecule has 0 fully saturated rings. The summed E-state index contributed by atoms with van der Waals surface area (Å²) < 4.78 is 8.34. The normalized spacial score (nSPS) is 11.5. The van der Waals surface area contributed by atoms with Gasteiger partial charge in [0.05, 0.1) is 5.52 Å². The Hall–Kier alpha value is -5.34. The number of fused-ring (bicyclic) bond motifs is 4. The van der Waals surface area contributed by atoms with Crippen LogP contribution in [0.4, 0.5) is 0 Å². The summed E-state index contributed by atoms with van der Waals surface area (Å²) in [6.07, 6.45) is 2.27. The van der Waals surface area contributed by atoms with Gasteiger partial charge in [0, 0.05) is 33.6 Å². The van der Waals surface area contributed by atoms with Gasteiger partial charge in [0.1, 0.15) is 11.2 Å². The summed E-state index contributed by atoms with van der Waals surface area (Å²) in [4.78, 5) is 0. The van der Waals surface area contributed by atoms with Crippen molar-refractivity contribution < 1.29 is 4.42 Å². The topological polar surface area (TPSA) is 18.1 Å². The third-order valence-electron chi connectivity index (χ3n) is 7.85. The van der Waals surface area contributed by atoms with Crippen LogP contribution in [0.3, 0.4) is 0 Å². The van der Waals surface area contributed by atoms with Crippen molar-refractivity contribution in [2.24, 2.45) is 0 Å². The first-order chi connectivity index (χ1) is 19.8. The maximum Gasteiger partial charge on any atom is 0.135 e. The maximum absolute atomic E-state index is 6.03. The molecule has 0 atom stereocenters. The largest absolute Gasteiger partial charge is 0.456 e. The first kappa shape index (κ1) is 22.6. The second-order valence-electron chi connectivity index (χ2n) is 10.2. The number of furan rings is 1. The lowest BCUT2D eigenvalue weighted by atomic mass is 10.00. The molecule has 2 nitrogen and oxygen atoms in total. The highest BCUT2D eigenvalue weighted by atomic mass is 16.3. The molecule has 0 aliphatic heterocycles. The van der Waals surface area contributed by atoms with Gasteiger partial charge < -0.3 is 8.98 Å². The molecule has 0 spiro atoms. The first-order valence-electron chi connectivity index (χ1n) is 13.6. The monoisotopic (exact) mass is 511 g/mol.